The Balaban J connectivity index is 2.39. The number of phenols is 1. The van der Waals surface area contributed by atoms with E-state index in [1.165, 1.54) is 18.9 Å². The van der Waals surface area contributed by atoms with Gasteiger partial charge >= 0.3 is 5.97 Å². The Kier molecular flexibility index (Phi) is 4.73. The van der Waals surface area contributed by atoms with Crippen LogP contribution in [0.3, 0.4) is 0 Å². The number of hydrogen-bond donors (Lipinski definition) is 2. The van der Waals surface area contributed by atoms with Crippen LogP contribution in [-0.2, 0) is 4.74 Å². The number of aryl methyl sites for hydroxylation is 2. The van der Waals surface area contributed by atoms with Gasteiger partial charge in [0.15, 0.2) is 5.82 Å². The van der Waals surface area contributed by atoms with Gasteiger partial charge in [0.05, 0.1) is 17.5 Å². The van der Waals surface area contributed by atoms with Gasteiger partial charge in [-0.25, -0.2) is 4.79 Å². The lowest BCUT2D eigenvalue weighted by atomic mass is 10.0. The van der Waals surface area contributed by atoms with Crippen molar-refractivity contribution in [3.8, 4) is 5.75 Å². The fourth-order valence-electron chi connectivity index (χ4n) is 2.78. The Hall–Kier alpha value is -2.80. The molecule has 3 rings (SSSR count). The molecule has 0 unspecified atom stereocenters. The van der Waals surface area contributed by atoms with Gasteiger partial charge in [-0.2, -0.15) is 0 Å². The van der Waals surface area contributed by atoms with E-state index in [9.17, 15) is 9.90 Å². The van der Waals surface area contributed by atoms with Crippen molar-refractivity contribution in [1.82, 2.24) is 10.2 Å². The summed E-state index contributed by atoms with van der Waals surface area (Å²) in [4.78, 5) is 13.8. The Morgan fingerprint density at radius 2 is 1.92 bits per heavy atom. The zero-order valence-corrected chi connectivity index (χ0v) is 15.8. The summed E-state index contributed by atoms with van der Waals surface area (Å²) in [5, 5.41) is 19.3. The highest BCUT2D eigenvalue weighted by Gasteiger charge is 2.25. The molecule has 0 aliphatic carbocycles. The van der Waals surface area contributed by atoms with Crippen molar-refractivity contribution in [2.24, 2.45) is 0 Å². The molecule has 2 aromatic carbocycles. The SMILES string of the molecule is COC(=O)c1c(N)nnc2c(C)c(C)c(O)c(Sc3cccc(C)c3)c12. The van der Waals surface area contributed by atoms with Gasteiger partial charge in [0.1, 0.15) is 11.3 Å². The number of carbonyl (C=O) groups excluding carboxylic acids is 1. The number of rotatable bonds is 3. The molecule has 26 heavy (non-hydrogen) atoms. The molecule has 0 radical (unpaired) electrons. The smallest absolute Gasteiger partial charge is 0.342 e. The number of aromatic hydroxyl groups is 1. The van der Waals surface area contributed by atoms with E-state index in [0.717, 1.165) is 16.0 Å². The zero-order valence-electron chi connectivity index (χ0n) is 15.0. The van der Waals surface area contributed by atoms with Crippen LogP contribution in [0.2, 0.25) is 0 Å². The molecule has 7 heteroatoms. The van der Waals surface area contributed by atoms with Crippen LogP contribution in [0.25, 0.3) is 10.9 Å². The van der Waals surface area contributed by atoms with Gasteiger partial charge in [-0.3, -0.25) is 0 Å². The Morgan fingerprint density at radius 3 is 2.58 bits per heavy atom. The summed E-state index contributed by atoms with van der Waals surface area (Å²) in [7, 11) is 1.28. The largest absolute Gasteiger partial charge is 0.506 e. The fourth-order valence-corrected chi connectivity index (χ4v) is 3.96. The van der Waals surface area contributed by atoms with Gasteiger partial charge in [0, 0.05) is 10.3 Å². The van der Waals surface area contributed by atoms with Crippen LogP contribution in [0.4, 0.5) is 5.82 Å². The number of benzene rings is 2. The minimum Gasteiger partial charge on any atom is -0.506 e. The maximum absolute atomic E-state index is 12.4. The fraction of sp³-hybridized carbons (Fsp3) is 0.211. The molecule has 0 atom stereocenters. The number of methoxy groups -OCH3 is 1. The Labute approximate surface area is 155 Å². The summed E-state index contributed by atoms with van der Waals surface area (Å²) in [6.45, 7) is 5.62. The van der Waals surface area contributed by atoms with Crippen LogP contribution in [0.15, 0.2) is 34.1 Å². The maximum Gasteiger partial charge on any atom is 0.342 e. The van der Waals surface area contributed by atoms with Crippen LogP contribution < -0.4 is 5.73 Å². The first-order valence-electron chi connectivity index (χ1n) is 7.96. The summed E-state index contributed by atoms with van der Waals surface area (Å²) in [5.74, 6) is -0.548. The third-order valence-electron chi connectivity index (χ3n) is 4.31. The number of carbonyl (C=O) groups is 1. The summed E-state index contributed by atoms with van der Waals surface area (Å²) < 4.78 is 4.88. The molecule has 0 aliphatic heterocycles. The van der Waals surface area contributed by atoms with Crippen LogP contribution >= 0.6 is 11.8 Å². The van der Waals surface area contributed by atoms with E-state index >= 15 is 0 Å². The molecule has 0 saturated heterocycles. The molecule has 0 amide bonds. The quantitative estimate of drug-likeness (QED) is 0.678. The van der Waals surface area contributed by atoms with Crippen LogP contribution in [-0.4, -0.2) is 28.4 Å². The lowest BCUT2D eigenvalue weighted by Crippen LogP contribution is -2.11. The number of fused-ring (bicyclic) bond motifs is 1. The van der Waals surface area contributed by atoms with E-state index in [0.29, 0.717) is 21.4 Å². The van der Waals surface area contributed by atoms with Crippen molar-refractivity contribution < 1.29 is 14.6 Å². The number of nitrogen functional groups attached to an aromatic ring is 1. The van der Waals surface area contributed by atoms with E-state index in [1.54, 1.807) is 6.92 Å². The minimum absolute atomic E-state index is 0.0295. The van der Waals surface area contributed by atoms with Gasteiger partial charge in [0.2, 0.25) is 0 Å². The van der Waals surface area contributed by atoms with Gasteiger partial charge in [-0.15, -0.1) is 10.2 Å². The monoisotopic (exact) mass is 369 g/mol. The summed E-state index contributed by atoms with van der Waals surface area (Å²) in [6, 6.07) is 7.87. The third kappa shape index (κ3) is 2.94. The van der Waals surface area contributed by atoms with Gasteiger partial charge in [-0.05, 0) is 44.0 Å². The Bertz CT molecular complexity index is 1030. The van der Waals surface area contributed by atoms with Crippen molar-refractivity contribution in [2.45, 2.75) is 30.6 Å². The molecule has 1 heterocycles. The predicted molar refractivity (Wildman–Crippen MR) is 102 cm³/mol. The highest BCUT2D eigenvalue weighted by Crippen LogP contribution is 2.45. The third-order valence-corrected chi connectivity index (χ3v) is 5.41. The van der Waals surface area contributed by atoms with Crippen molar-refractivity contribution in [3.63, 3.8) is 0 Å². The molecule has 134 valence electrons. The first-order chi connectivity index (χ1) is 12.3. The number of esters is 1. The van der Waals surface area contributed by atoms with Gasteiger partial charge in [0.25, 0.3) is 0 Å². The lowest BCUT2D eigenvalue weighted by molar-refractivity contribution is 0.0603. The summed E-state index contributed by atoms with van der Waals surface area (Å²) in [5.41, 5.74) is 9.07. The molecule has 3 N–H and O–H groups in total. The summed E-state index contributed by atoms with van der Waals surface area (Å²) in [6.07, 6.45) is 0. The van der Waals surface area contributed by atoms with E-state index in [-0.39, 0.29) is 17.1 Å². The van der Waals surface area contributed by atoms with Crippen molar-refractivity contribution in [1.29, 1.82) is 0 Å². The summed E-state index contributed by atoms with van der Waals surface area (Å²) >= 11 is 1.35. The highest BCUT2D eigenvalue weighted by molar-refractivity contribution is 7.99. The molecule has 0 spiro atoms. The van der Waals surface area contributed by atoms with Crippen molar-refractivity contribution in [2.75, 3.05) is 12.8 Å². The first-order valence-corrected chi connectivity index (χ1v) is 8.77. The van der Waals surface area contributed by atoms with Gasteiger partial charge in [-0.1, -0.05) is 29.5 Å². The van der Waals surface area contributed by atoms with Crippen molar-refractivity contribution >= 4 is 34.5 Å². The van der Waals surface area contributed by atoms with Crippen molar-refractivity contribution in [3.05, 3.63) is 46.5 Å². The molecule has 0 bridgehead atoms. The first kappa shape index (κ1) is 18.0. The van der Waals surface area contributed by atoms with Crippen LogP contribution in [0.1, 0.15) is 27.0 Å². The van der Waals surface area contributed by atoms with Gasteiger partial charge < -0.3 is 15.6 Å². The molecule has 3 aromatic rings. The standard InChI is InChI=1S/C19H19N3O3S/c1-9-6-5-7-12(8-9)26-17-13-14(19(24)25-4)18(20)22-21-15(13)10(2)11(3)16(17)23/h5-8,23H,1-4H3,(H2,20,22). The second-order valence-electron chi connectivity index (χ2n) is 6.02. The number of nitrogens with zero attached hydrogens (tertiary/aromatic N) is 2. The topological polar surface area (TPSA) is 98.3 Å². The Morgan fingerprint density at radius 1 is 1.19 bits per heavy atom. The van der Waals surface area contributed by atoms with E-state index in [2.05, 4.69) is 10.2 Å². The maximum atomic E-state index is 12.4. The molecule has 1 aromatic heterocycles. The molecular weight excluding hydrogens is 350 g/mol. The number of hydrogen-bond acceptors (Lipinski definition) is 7. The second-order valence-corrected chi connectivity index (χ2v) is 7.11. The molecule has 0 aliphatic rings. The number of phenolic OH excluding ortho intramolecular Hbond substituents is 1. The molecular formula is C19H19N3O3S. The number of anilines is 1. The van der Waals surface area contributed by atoms with E-state index in [1.807, 2.05) is 38.1 Å². The van der Waals surface area contributed by atoms with Crippen LogP contribution in [0, 0.1) is 20.8 Å². The predicted octanol–water partition coefficient (Wildman–Crippen LogP) is 3.78. The average Bonchev–Trinajstić information content (AvgIpc) is 2.62. The minimum atomic E-state index is -0.615. The number of nitrogens with two attached hydrogens (primary N) is 1. The molecule has 0 fully saturated rings. The lowest BCUT2D eigenvalue weighted by Gasteiger charge is -2.16. The van der Waals surface area contributed by atoms with E-state index < -0.39 is 5.97 Å². The zero-order chi connectivity index (χ0) is 19.0. The average molecular weight is 369 g/mol. The highest BCUT2D eigenvalue weighted by atomic mass is 32.2. The number of ether oxygens (including phenoxy) is 1. The number of aromatic nitrogens is 2. The van der Waals surface area contributed by atoms with Crippen LogP contribution in [0.5, 0.6) is 5.75 Å². The molecule has 0 saturated carbocycles. The second kappa shape index (κ2) is 6.84. The molecule has 6 nitrogen and oxygen atoms in total. The normalized spacial score (nSPS) is 10.9. The van der Waals surface area contributed by atoms with E-state index in [4.69, 9.17) is 10.5 Å².